The van der Waals surface area contributed by atoms with E-state index < -0.39 is 4.92 Å². The standard InChI is InChI=1S/C10H15N5O2/c1-10(2)3-4-14(6-10)8-7(15(16)17)5-12-9(11)13-8/h5H,3-4,6H2,1-2H3,(H2,11,12,13). The zero-order chi connectivity index (χ0) is 12.6. The first-order valence-corrected chi connectivity index (χ1v) is 5.41. The quantitative estimate of drug-likeness (QED) is 0.613. The Labute approximate surface area is 98.8 Å². The third kappa shape index (κ3) is 2.27. The molecule has 1 aliphatic heterocycles. The van der Waals surface area contributed by atoms with Crippen LogP contribution in [0.25, 0.3) is 0 Å². The first-order valence-electron chi connectivity index (χ1n) is 5.41. The minimum atomic E-state index is -0.472. The summed E-state index contributed by atoms with van der Waals surface area (Å²) in [6, 6.07) is 0. The van der Waals surface area contributed by atoms with Gasteiger partial charge in [0, 0.05) is 13.1 Å². The van der Waals surface area contributed by atoms with Crippen molar-refractivity contribution >= 4 is 17.5 Å². The third-order valence-electron chi connectivity index (χ3n) is 2.94. The Morgan fingerprint density at radius 1 is 1.59 bits per heavy atom. The number of rotatable bonds is 2. The van der Waals surface area contributed by atoms with Gasteiger partial charge in [-0.25, -0.2) is 4.98 Å². The molecule has 0 saturated carbocycles. The molecular weight excluding hydrogens is 222 g/mol. The number of nitrogens with two attached hydrogens (primary N) is 1. The van der Waals surface area contributed by atoms with Crippen LogP contribution in [0.5, 0.6) is 0 Å². The average Bonchev–Trinajstić information content (AvgIpc) is 2.58. The maximum absolute atomic E-state index is 10.9. The van der Waals surface area contributed by atoms with E-state index in [-0.39, 0.29) is 17.1 Å². The summed E-state index contributed by atoms with van der Waals surface area (Å²) in [6.07, 6.45) is 2.15. The summed E-state index contributed by atoms with van der Waals surface area (Å²) < 4.78 is 0. The predicted molar refractivity (Wildman–Crippen MR) is 63.7 cm³/mol. The van der Waals surface area contributed by atoms with Crippen molar-refractivity contribution in [3.63, 3.8) is 0 Å². The zero-order valence-corrected chi connectivity index (χ0v) is 9.88. The molecular formula is C10H15N5O2. The molecule has 7 nitrogen and oxygen atoms in total. The minimum Gasteiger partial charge on any atom is -0.368 e. The number of aromatic nitrogens is 2. The van der Waals surface area contributed by atoms with Crippen molar-refractivity contribution in [2.24, 2.45) is 5.41 Å². The summed E-state index contributed by atoms with van der Waals surface area (Å²) in [5.74, 6) is 0.392. The maximum Gasteiger partial charge on any atom is 0.329 e. The van der Waals surface area contributed by atoms with Crippen LogP contribution in [-0.2, 0) is 0 Å². The maximum atomic E-state index is 10.9. The summed E-state index contributed by atoms with van der Waals surface area (Å²) in [7, 11) is 0. The van der Waals surface area contributed by atoms with Gasteiger partial charge >= 0.3 is 5.69 Å². The molecule has 2 rings (SSSR count). The molecule has 0 unspecified atom stereocenters. The minimum absolute atomic E-state index is 0.0651. The zero-order valence-electron chi connectivity index (χ0n) is 9.88. The topological polar surface area (TPSA) is 98.2 Å². The van der Waals surface area contributed by atoms with Crippen LogP contribution in [0.2, 0.25) is 0 Å². The number of nitro groups is 1. The van der Waals surface area contributed by atoms with E-state index in [0.717, 1.165) is 19.5 Å². The van der Waals surface area contributed by atoms with Crippen LogP contribution in [-0.4, -0.2) is 28.0 Å². The van der Waals surface area contributed by atoms with Gasteiger partial charge in [0.2, 0.25) is 11.8 Å². The van der Waals surface area contributed by atoms with Crippen LogP contribution in [0.1, 0.15) is 20.3 Å². The number of hydrogen-bond donors (Lipinski definition) is 1. The Kier molecular flexibility index (Phi) is 2.60. The van der Waals surface area contributed by atoms with Crippen molar-refractivity contribution < 1.29 is 4.92 Å². The molecule has 0 bridgehead atoms. The van der Waals surface area contributed by atoms with Gasteiger partial charge < -0.3 is 10.6 Å². The summed E-state index contributed by atoms with van der Waals surface area (Å²) in [6.45, 7) is 5.75. The van der Waals surface area contributed by atoms with Crippen molar-refractivity contribution in [3.8, 4) is 0 Å². The molecule has 17 heavy (non-hydrogen) atoms. The van der Waals surface area contributed by atoms with Crippen molar-refractivity contribution in [3.05, 3.63) is 16.3 Å². The fourth-order valence-corrected chi connectivity index (χ4v) is 2.03. The molecule has 2 N–H and O–H groups in total. The fraction of sp³-hybridized carbons (Fsp3) is 0.600. The van der Waals surface area contributed by atoms with Gasteiger partial charge in [-0.05, 0) is 11.8 Å². The first kappa shape index (κ1) is 11.6. The molecule has 92 valence electrons. The van der Waals surface area contributed by atoms with Crippen LogP contribution in [0.4, 0.5) is 17.5 Å². The Balaban J connectivity index is 2.38. The molecule has 0 radical (unpaired) electrons. The highest BCUT2D eigenvalue weighted by Gasteiger charge is 2.33. The van der Waals surface area contributed by atoms with Crippen molar-refractivity contribution in [1.82, 2.24) is 9.97 Å². The number of nitrogens with zero attached hydrogens (tertiary/aromatic N) is 4. The lowest BCUT2D eigenvalue weighted by molar-refractivity contribution is -0.384. The highest BCUT2D eigenvalue weighted by atomic mass is 16.6. The lowest BCUT2D eigenvalue weighted by Crippen LogP contribution is -2.25. The van der Waals surface area contributed by atoms with Crippen LogP contribution >= 0.6 is 0 Å². The van der Waals surface area contributed by atoms with E-state index in [4.69, 9.17) is 5.73 Å². The highest BCUT2D eigenvalue weighted by Crippen LogP contribution is 2.35. The number of hydrogen-bond acceptors (Lipinski definition) is 6. The molecule has 0 spiro atoms. The van der Waals surface area contributed by atoms with Gasteiger partial charge in [-0.15, -0.1) is 0 Å². The molecule has 0 aliphatic carbocycles. The molecule has 1 aromatic rings. The van der Waals surface area contributed by atoms with Crippen molar-refractivity contribution in [1.29, 1.82) is 0 Å². The third-order valence-corrected chi connectivity index (χ3v) is 2.94. The molecule has 1 aliphatic rings. The van der Waals surface area contributed by atoms with E-state index in [2.05, 4.69) is 23.8 Å². The van der Waals surface area contributed by atoms with Gasteiger partial charge in [0.05, 0.1) is 4.92 Å². The lowest BCUT2D eigenvalue weighted by Gasteiger charge is -2.20. The van der Waals surface area contributed by atoms with Gasteiger partial charge in [-0.2, -0.15) is 4.98 Å². The van der Waals surface area contributed by atoms with E-state index in [1.807, 2.05) is 4.90 Å². The monoisotopic (exact) mass is 237 g/mol. The molecule has 0 aromatic carbocycles. The molecule has 1 aromatic heterocycles. The molecule has 2 heterocycles. The lowest BCUT2D eigenvalue weighted by atomic mass is 9.93. The first-order chi connectivity index (χ1) is 7.89. The van der Waals surface area contributed by atoms with Gasteiger partial charge in [0.25, 0.3) is 0 Å². The molecule has 0 amide bonds. The van der Waals surface area contributed by atoms with E-state index in [0.29, 0.717) is 5.82 Å². The smallest absolute Gasteiger partial charge is 0.329 e. The Morgan fingerprint density at radius 2 is 2.29 bits per heavy atom. The summed E-state index contributed by atoms with van der Waals surface area (Å²) in [5, 5.41) is 10.9. The van der Waals surface area contributed by atoms with Gasteiger partial charge in [-0.1, -0.05) is 13.8 Å². The van der Waals surface area contributed by atoms with E-state index in [9.17, 15) is 10.1 Å². The SMILES string of the molecule is CC1(C)CCN(c2nc(N)ncc2[N+](=O)[O-])C1. The second-order valence-electron chi connectivity index (χ2n) is 5.03. The van der Waals surface area contributed by atoms with Gasteiger partial charge in [0.1, 0.15) is 6.20 Å². The summed E-state index contributed by atoms with van der Waals surface area (Å²) >= 11 is 0. The summed E-state index contributed by atoms with van der Waals surface area (Å²) in [4.78, 5) is 20.0. The van der Waals surface area contributed by atoms with Crippen LogP contribution in [0.15, 0.2) is 6.20 Å². The molecule has 1 saturated heterocycles. The van der Waals surface area contributed by atoms with Crippen molar-refractivity contribution in [2.75, 3.05) is 23.7 Å². The normalized spacial score (nSPS) is 18.4. The van der Waals surface area contributed by atoms with Crippen LogP contribution in [0.3, 0.4) is 0 Å². The second kappa shape index (κ2) is 3.83. The Morgan fingerprint density at radius 3 is 2.82 bits per heavy atom. The fourth-order valence-electron chi connectivity index (χ4n) is 2.03. The average molecular weight is 237 g/mol. The molecule has 0 atom stereocenters. The predicted octanol–water partition coefficient (Wildman–Crippen LogP) is 1.20. The van der Waals surface area contributed by atoms with E-state index in [1.54, 1.807) is 0 Å². The highest BCUT2D eigenvalue weighted by molar-refractivity contribution is 5.59. The Hall–Kier alpha value is -1.92. The number of nitrogen functional groups attached to an aromatic ring is 1. The van der Waals surface area contributed by atoms with Crippen LogP contribution < -0.4 is 10.6 Å². The van der Waals surface area contributed by atoms with Crippen LogP contribution in [0, 0.1) is 15.5 Å². The molecule has 7 heteroatoms. The van der Waals surface area contributed by atoms with E-state index >= 15 is 0 Å². The van der Waals surface area contributed by atoms with E-state index in [1.165, 1.54) is 6.20 Å². The van der Waals surface area contributed by atoms with Gasteiger partial charge in [0.15, 0.2) is 0 Å². The summed E-state index contributed by atoms with van der Waals surface area (Å²) in [5.41, 5.74) is 5.55. The largest absolute Gasteiger partial charge is 0.368 e. The Bertz CT molecular complexity index is 460. The van der Waals surface area contributed by atoms with Gasteiger partial charge in [-0.3, -0.25) is 10.1 Å². The second-order valence-corrected chi connectivity index (χ2v) is 5.03. The number of anilines is 2. The molecule has 1 fully saturated rings. The van der Waals surface area contributed by atoms with Crippen molar-refractivity contribution in [2.45, 2.75) is 20.3 Å².